The summed E-state index contributed by atoms with van der Waals surface area (Å²) in [7, 11) is 0. The van der Waals surface area contributed by atoms with Crippen molar-refractivity contribution < 1.29 is 9.59 Å². The molecule has 0 bridgehead atoms. The largest absolute Gasteiger partial charge is 0.324 e. The SMILES string of the molecule is Cc1ccc(NC(=O)C(C)Sc2nc3ccccc3n2-c2ccc(CC=O)cc2)c(Cl)c1. The lowest BCUT2D eigenvalue weighted by Crippen LogP contribution is -2.23. The van der Waals surface area contributed by atoms with Gasteiger partial charge < -0.3 is 10.1 Å². The fraction of sp³-hybridized carbons (Fsp3) is 0.160. The zero-order valence-corrected chi connectivity index (χ0v) is 19.3. The van der Waals surface area contributed by atoms with Crippen molar-refractivity contribution >= 4 is 52.3 Å². The first-order valence-corrected chi connectivity index (χ1v) is 11.5. The van der Waals surface area contributed by atoms with Crippen LogP contribution in [0.25, 0.3) is 16.7 Å². The number of anilines is 1. The maximum atomic E-state index is 12.9. The minimum Gasteiger partial charge on any atom is -0.324 e. The third-order valence-corrected chi connectivity index (χ3v) is 6.44. The molecule has 0 aliphatic carbocycles. The highest BCUT2D eigenvalue weighted by molar-refractivity contribution is 8.00. The van der Waals surface area contributed by atoms with Crippen molar-refractivity contribution in [2.75, 3.05) is 5.32 Å². The Kier molecular flexibility index (Phi) is 6.63. The van der Waals surface area contributed by atoms with Crippen molar-refractivity contribution in [1.82, 2.24) is 9.55 Å². The van der Waals surface area contributed by atoms with Gasteiger partial charge in [0.25, 0.3) is 0 Å². The van der Waals surface area contributed by atoms with Gasteiger partial charge in [0.2, 0.25) is 5.91 Å². The van der Waals surface area contributed by atoms with Crippen LogP contribution >= 0.6 is 23.4 Å². The molecule has 0 radical (unpaired) electrons. The zero-order chi connectivity index (χ0) is 22.7. The fourth-order valence-corrected chi connectivity index (χ4v) is 4.60. The number of imidazole rings is 1. The average molecular weight is 464 g/mol. The minimum absolute atomic E-state index is 0.152. The first-order valence-electron chi connectivity index (χ1n) is 10.2. The van der Waals surface area contributed by atoms with Gasteiger partial charge in [-0.1, -0.05) is 53.7 Å². The molecule has 0 saturated heterocycles. The van der Waals surface area contributed by atoms with Gasteiger partial charge >= 0.3 is 0 Å². The van der Waals surface area contributed by atoms with Crippen molar-refractivity contribution in [2.24, 2.45) is 0 Å². The summed E-state index contributed by atoms with van der Waals surface area (Å²) in [5.41, 5.74) is 5.29. The second kappa shape index (κ2) is 9.59. The molecular weight excluding hydrogens is 442 g/mol. The Labute approximate surface area is 195 Å². The molecule has 0 aliphatic heterocycles. The monoisotopic (exact) mass is 463 g/mol. The van der Waals surface area contributed by atoms with Crippen LogP contribution in [0.4, 0.5) is 5.69 Å². The number of nitrogens with zero attached hydrogens (tertiary/aromatic N) is 2. The lowest BCUT2D eigenvalue weighted by Gasteiger charge is -2.15. The number of aldehydes is 1. The van der Waals surface area contributed by atoms with Gasteiger partial charge in [0, 0.05) is 12.1 Å². The van der Waals surface area contributed by atoms with Crippen LogP contribution in [-0.4, -0.2) is 27.0 Å². The molecule has 4 rings (SSSR count). The third kappa shape index (κ3) is 4.71. The van der Waals surface area contributed by atoms with Crippen LogP contribution in [0.15, 0.2) is 71.9 Å². The smallest absolute Gasteiger partial charge is 0.237 e. The summed E-state index contributed by atoms with van der Waals surface area (Å²) in [5, 5.41) is 3.73. The highest BCUT2D eigenvalue weighted by Gasteiger charge is 2.21. The van der Waals surface area contributed by atoms with E-state index in [0.717, 1.165) is 34.1 Å². The zero-order valence-electron chi connectivity index (χ0n) is 17.7. The van der Waals surface area contributed by atoms with E-state index in [1.54, 1.807) is 0 Å². The number of fused-ring (bicyclic) bond motifs is 1. The summed E-state index contributed by atoms with van der Waals surface area (Å²) in [6.07, 6.45) is 1.27. The number of hydrogen-bond acceptors (Lipinski definition) is 4. The predicted octanol–water partition coefficient (Wildman–Crippen LogP) is 5.85. The van der Waals surface area contributed by atoms with E-state index < -0.39 is 5.25 Å². The Hall–Kier alpha value is -3.09. The number of carbonyl (C=O) groups is 2. The molecule has 162 valence electrons. The van der Waals surface area contributed by atoms with Crippen LogP contribution in [0, 0.1) is 6.92 Å². The Morgan fingerprint density at radius 2 is 1.91 bits per heavy atom. The standard InChI is InChI=1S/C25H22ClN3O2S/c1-16-7-12-21(20(26)15-16)27-24(31)17(2)32-25-28-22-5-3-4-6-23(22)29(25)19-10-8-18(9-11-19)13-14-30/h3-12,14-15,17H,13H2,1-2H3,(H,27,31). The molecule has 1 aromatic heterocycles. The second-order valence-electron chi connectivity index (χ2n) is 7.49. The molecule has 1 atom stereocenters. The number of halogens is 1. The van der Waals surface area contributed by atoms with Gasteiger partial charge in [0.15, 0.2) is 5.16 Å². The molecule has 0 aliphatic rings. The molecule has 5 nitrogen and oxygen atoms in total. The van der Waals surface area contributed by atoms with E-state index >= 15 is 0 Å². The first kappa shape index (κ1) is 22.1. The van der Waals surface area contributed by atoms with Gasteiger partial charge in [0.1, 0.15) is 6.29 Å². The number of carbonyl (C=O) groups excluding carboxylic acids is 2. The number of hydrogen-bond donors (Lipinski definition) is 1. The first-order chi connectivity index (χ1) is 15.5. The van der Waals surface area contributed by atoms with E-state index in [1.807, 2.05) is 85.1 Å². The number of aryl methyl sites for hydroxylation is 1. The van der Waals surface area contributed by atoms with E-state index in [1.165, 1.54) is 11.8 Å². The number of nitrogens with one attached hydrogen (secondary N) is 1. The molecule has 3 aromatic carbocycles. The van der Waals surface area contributed by atoms with Gasteiger partial charge in [0.05, 0.1) is 27.0 Å². The van der Waals surface area contributed by atoms with E-state index in [0.29, 0.717) is 22.3 Å². The van der Waals surface area contributed by atoms with Gasteiger partial charge in [-0.3, -0.25) is 9.36 Å². The topological polar surface area (TPSA) is 64.0 Å². The van der Waals surface area contributed by atoms with Crippen LogP contribution in [-0.2, 0) is 16.0 Å². The van der Waals surface area contributed by atoms with Crippen molar-refractivity contribution in [2.45, 2.75) is 30.7 Å². The number of aromatic nitrogens is 2. The number of para-hydroxylation sites is 2. The van der Waals surface area contributed by atoms with Crippen LogP contribution in [0.5, 0.6) is 0 Å². The molecule has 1 amide bonds. The molecule has 4 aromatic rings. The molecule has 0 spiro atoms. The van der Waals surface area contributed by atoms with Crippen molar-refractivity contribution in [3.8, 4) is 5.69 Å². The molecule has 1 heterocycles. The Balaban J connectivity index is 1.63. The fourth-order valence-electron chi connectivity index (χ4n) is 3.38. The summed E-state index contributed by atoms with van der Waals surface area (Å²) in [6, 6.07) is 21.2. The molecular formula is C25H22ClN3O2S. The molecule has 0 fully saturated rings. The summed E-state index contributed by atoms with van der Waals surface area (Å²) in [6.45, 7) is 3.80. The highest BCUT2D eigenvalue weighted by atomic mass is 35.5. The molecule has 0 saturated carbocycles. The number of thioether (sulfide) groups is 1. The van der Waals surface area contributed by atoms with Crippen LogP contribution in [0.1, 0.15) is 18.1 Å². The number of rotatable bonds is 7. The number of benzene rings is 3. The van der Waals surface area contributed by atoms with E-state index in [-0.39, 0.29) is 5.91 Å². The second-order valence-corrected chi connectivity index (χ2v) is 9.20. The molecule has 1 N–H and O–H groups in total. The summed E-state index contributed by atoms with van der Waals surface area (Å²) < 4.78 is 2.04. The quantitative estimate of drug-likeness (QED) is 0.276. The van der Waals surface area contributed by atoms with Crippen LogP contribution < -0.4 is 5.32 Å². The average Bonchev–Trinajstić information content (AvgIpc) is 3.14. The molecule has 32 heavy (non-hydrogen) atoms. The molecule has 1 unspecified atom stereocenters. The van der Waals surface area contributed by atoms with Crippen LogP contribution in [0.2, 0.25) is 5.02 Å². The summed E-state index contributed by atoms with van der Waals surface area (Å²) in [4.78, 5) is 28.4. The van der Waals surface area contributed by atoms with Gasteiger partial charge in [-0.25, -0.2) is 4.98 Å². The summed E-state index contributed by atoms with van der Waals surface area (Å²) >= 11 is 7.65. The van der Waals surface area contributed by atoms with Gasteiger partial charge in [-0.2, -0.15) is 0 Å². The lowest BCUT2D eigenvalue weighted by atomic mass is 10.1. The maximum Gasteiger partial charge on any atom is 0.237 e. The van der Waals surface area contributed by atoms with Gasteiger partial charge in [-0.05, 0) is 61.4 Å². The minimum atomic E-state index is -0.405. The Bertz CT molecular complexity index is 1280. The number of amides is 1. The van der Waals surface area contributed by atoms with E-state index in [9.17, 15) is 9.59 Å². The Morgan fingerprint density at radius 3 is 2.62 bits per heavy atom. The van der Waals surface area contributed by atoms with Gasteiger partial charge in [-0.15, -0.1) is 0 Å². The molecule has 7 heteroatoms. The lowest BCUT2D eigenvalue weighted by molar-refractivity contribution is -0.115. The third-order valence-electron chi connectivity index (χ3n) is 5.08. The summed E-state index contributed by atoms with van der Waals surface area (Å²) in [5.74, 6) is -0.152. The van der Waals surface area contributed by atoms with Crippen molar-refractivity contribution in [3.63, 3.8) is 0 Å². The van der Waals surface area contributed by atoms with Crippen LogP contribution in [0.3, 0.4) is 0 Å². The maximum absolute atomic E-state index is 12.9. The van der Waals surface area contributed by atoms with Crippen molar-refractivity contribution in [3.05, 3.63) is 82.9 Å². The highest BCUT2D eigenvalue weighted by Crippen LogP contribution is 2.31. The predicted molar refractivity (Wildman–Crippen MR) is 131 cm³/mol. The van der Waals surface area contributed by atoms with E-state index in [4.69, 9.17) is 16.6 Å². The van der Waals surface area contributed by atoms with Crippen molar-refractivity contribution in [1.29, 1.82) is 0 Å². The Morgan fingerprint density at radius 1 is 1.16 bits per heavy atom. The normalized spacial score (nSPS) is 12.0. The van der Waals surface area contributed by atoms with E-state index in [2.05, 4.69) is 5.32 Å².